The summed E-state index contributed by atoms with van der Waals surface area (Å²) in [5, 5.41) is 3.29. The topological polar surface area (TPSA) is 50.8 Å². The lowest BCUT2D eigenvalue weighted by molar-refractivity contribution is 0.0427. The Balaban J connectivity index is 1.88. The van der Waals surface area contributed by atoms with Crippen molar-refractivity contribution in [1.82, 2.24) is 10.2 Å². The minimum atomic E-state index is -1.73. The van der Waals surface area contributed by atoms with Crippen molar-refractivity contribution >= 4 is 14.4 Å². The van der Waals surface area contributed by atoms with Gasteiger partial charge in [0.15, 0.2) is 8.32 Å². The van der Waals surface area contributed by atoms with E-state index < -0.39 is 13.9 Å². The Morgan fingerprint density at radius 1 is 1.08 bits per heavy atom. The van der Waals surface area contributed by atoms with Gasteiger partial charge in [-0.05, 0) is 58.2 Å². The Kier molecular flexibility index (Phi) is 5.96. The summed E-state index contributed by atoms with van der Waals surface area (Å²) in [6.45, 7) is 19.2. The van der Waals surface area contributed by atoms with Crippen LogP contribution in [0.25, 0.3) is 0 Å². The highest BCUT2D eigenvalue weighted by molar-refractivity contribution is 6.74. The third-order valence-electron chi connectivity index (χ3n) is 5.84. The van der Waals surface area contributed by atoms with Crippen molar-refractivity contribution in [2.24, 2.45) is 0 Å². The van der Waals surface area contributed by atoms with E-state index in [1.54, 1.807) is 0 Å². The molecule has 2 saturated heterocycles. The van der Waals surface area contributed by atoms with E-state index in [0.29, 0.717) is 12.1 Å². The molecule has 0 saturated carbocycles. The molecule has 146 valence electrons. The number of hydrogen-bond acceptors (Lipinski definition) is 4. The maximum absolute atomic E-state index is 12.0. The molecule has 1 N–H and O–H groups in total. The molecule has 6 heteroatoms. The average molecular weight is 371 g/mol. The van der Waals surface area contributed by atoms with E-state index in [1.807, 2.05) is 20.8 Å². The average Bonchev–Trinajstić information content (AvgIpc) is 2.77. The molecule has 0 spiro atoms. The van der Waals surface area contributed by atoms with E-state index >= 15 is 0 Å². The van der Waals surface area contributed by atoms with Crippen LogP contribution in [0.2, 0.25) is 18.1 Å². The largest absolute Gasteiger partial charge is 0.444 e. The molecule has 3 atom stereocenters. The second kappa shape index (κ2) is 7.20. The first-order valence-electron chi connectivity index (χ1n) is 9.70. The van der Waals surface area contributed by atoms with Gasteiger partial charge in [-0.3, -0.25) is 4.90 Å². The van der Waals surface area contributed by atoms with Gasteiger partial charge in [0.05, 0.1) is 6.10 Å². The Labute approximate surface area is 154 Å². The number of ether oxygens (including phenoxy) is 1. The van der Waals surface area contributed by atoms with Crippen molar-refractivity contribution in [3.8, 4) is 0 Å². The van der Waals surface area contributed by atoms with E-state index in [1.165, 1.54) is 0 Å². The molecular formula is C19H38N2O3Si. The van der Waals surface area contributed by atoms with Gasteiger partial charge in [0, 0.05) is 25.2 Å². The summed E-state index contributed by atoms with van der Waals surface area (Å²) in [4.78, 5) is 14.5. The molecule has 0 bridgehead atoms. The fourth-order valence-electron chi connectivity index (χ4n) is 3.51. The lowest BCUT2D eigenvalue weighted by Crippen LogP contribution is -2.54. The van der Waals surface area contributed by atoms with Crippen LogP contribution in [0, 0.1) is 0 Å². The number of amides is 1. The number of carbonyl (C=O) groups excluding carboxylic acids is 1. The van der Waals surface area contributed by atoms with Gasteiger partial charge in [-0.1, -0.05) is 20.8 Å². The SMILES string of the molecule is CC(C)(C)OC(=O)N[C@H]1CC[C@H]2[C@@H](O[Si](C)(C)C(C)(C)C)CCN2C1. The molecule has 0 aromatic heterocycles. The van der Waals surface area contributed by atoms with Gasteiger partial charge >= 0.3 is 6.09 Å². The maximum Gasteiger partial charge on any atom is 0.407 e. The monoisotopic (exact) mass is 370 g/mol. The van der Waals surface area contributed by atoms with Crippen LogP contribution >= 0.6 is 0 Å². The summed E-state index contributed by atoms with van der Waals surface area (Å²) in [5.74, 6) is 0. The summed E-state index contributed by atoms with van der Waals surface area (Å²) in [7, 11) is -1.73. The highest BCUT2D eigenvalue weighted by Crippen LogP contribution is 2.40. The van der Waals surface area contributed by atoms with Gasteiger partial charge in [-0.2, -0.15) is 0 Å². The van der Waals surface area contributed by atoms with Gasteiger partial charge in [0.2, 0.25) is 0 Å². The molecule has 5 nitrogen and oxygen atoms in total. The molecular weight excluding hydrogens is 332 g/mol. The number of hydrogen-bond donors (Lipinski definition) is 1. The normalized spacial score (nSPS) is 28.6. The molecule has 2 rings (SSSR count). The molecule has 2 aliphatic heterocycles. The predicted octanol–water partition coefficient (Wildman–Crippen LogP) is 4.14. The van der Waals surface area contributed by atoms with Crippen molar-refractivity contribution in [2.45, 2.75) is 103 Å². The van der Waals surface area contributed by atoms with Gasteiger partial charge in [0.1, 0.15) is 5.60 Å². The zero-order valence-corrected chi connectivity index (χ0v) is 18.4. The minimum absolute atomic E-state index is 0.178. The zero-order valence-electron chi connectivity index (χ0n) is 17.4. The molecule has 0 radical (unpaired) electrons. The van der Waals surface area contributed by atoms with E-state index in [4.69, 9.17) is 9.16 Å². The van der Waals surface area contributed by atoms with Crippen molar-refractivity contribution in [3.05, 3.63) is 0 Å². The molecule has 0 aliphatic carbocycles. The van der Waals surface area contributed by atoms with Gasteiger partial charge in [0.25, 0.3) is 0 Å². The van der Waals surface area contributed by atoms with Crippen LogP contribution in [0.1, 0.15) is 60.8 Å². The quantitative estimate of drug-likeness (QED) is 0.759. The van der Waals surface area contributed by atoms with Crippen LogP contribution in [-0.4, -0.2) is 56.2 Å². The zero-order chi connectivity index (χ0) is 19.0. The summed E-state index contributed by atoms with van der Waals surface area (Å²) >= 11 is 0. The maximum atomic E-state index is 12.0. The Morgan fingerprint density at radius 3 is 2.28 bits per heavy atom. The van der Waals surface area contributed by atoms with Crippen LogP contribution in [0.3, 0.4) is 0 Å². The number of nitrogens with zero attached hydrogens (tertiary/aromatic N) is 1. The van der Waals surface area contributed by atoms with E-state index in [2.05, 4.69) is 44.1 Å². The Bertz CT molecular complexity index is 482. The molecule has 2 aliphatic rings. The fraction of sp³-hybridized carbons (Fsp3) is 0.947. The molecule has 0 unspecified atom stereocenters. The standard InChI is InChI=1S/C19H38N2O3Si/c1-18(2,3)23-17(22)20-14-9-10-15-16(11-12-21(15)13-14)24-25(7,8)19(4,5)6/h14-16H,9-13H2,1-8H3,(H,20,22)/t14-,15-,16-/m0/s1. The summed E-state index contributed by atoms with van der Waals surface area (Å²) in [5.41, 5.74) is -0.447. The molecule has 1 amide bonds. The van der Waals surface area contributed by atoms with Gasteiger partial charge in [-0.15, -0.1) is 0 Å². The fourth-order valence-corrected chi connectivity index (χ4v) is 4.90. The number of nitrogens with one attached hydrogen (secondary N) is 1. The van der Waals surface area contributed by atoms with Crippen LogP contribution < -0.4 is 5.32 Å². The van der Waals surface area contributed by atoms with E-state index in [0.717, 1.165) is 32.4 Å². The third-order valence-corrected chi connectivity index (χ3v) is 10.3. The molecule has 25 heavy (non-hydrogen) atoms. The Hall–Kier alpha value is -0.593. The van der Waals surface area contributed by atoms with Crippen molar-refractivity contribution in [2.75, 3.05) is 13.1 Å². The number of fused-ring (bicyclic) bond motifs is 1. The highest BCUT2D eigenvalue weighted by Gasteiger charge is 2.45. The van der Waals surface area contributed by atoms with Crippen molar-refractivity contribution < 1.29 is 14.0 Å². The number of carbonyl (C=O) groups is 1. The molecule has 0 aromatic rings. The van der Waals surface area contributed by atoms with Gasteiger partial charge in [-0.25, -0.2) is 4.79 Å². The highest BCUT2D eigenvalue weighted by atomic mass is 28.4. The molecule has 2 heterocycles. The minimum Gasteiger partial charge on any atom is -0.444 e. The number of rotatable bonds is 3. The van der Waals surface area contributed by atoms with E-state index in [9.17, 15) is 4.79 Å². The first-order valence-corrected chi connectivity index (χ1v) is 12.6. The van der Waals surface area contributed by atoms with Crippen LogP contribution in [0.5, 0.6) is 0 Å². The van der Waals surface area contributed by atoms with E-state index in [-0.39, 0.29) is 17.2 Å². The number of alkyl carbamates (subject to hydrolysis) is 1. The van der Waals surface area contributed by atoms with Crippen LogP contribution in [0.15, 0.2) is 0 Å². The third kappa shape index (κ3) is 5.44. The molecule has 0 aromatic carbocycles. The number of piperidine rings is 1. The summed E-state index contributed by atoms with van der Waals surface area (Å²) in [6, 6.07) is 0.684. The second-order valence-corrected chi connectivity index (χ2v) is 14.9. The van der Waals surface area contributed by atoms with Crippen molar-refractivity contribution in [3.63, 3.8) is 0 Å². The van der Waals surface area contributed by atoms with Crippen molar-refractivity contribution in [1.29, 1.82) is 0 Å². The second-order valence-electron chi connectivity index (χ2n) is 10.2. The van der Waals surface area contributed by atoms with Gasteiger partial charge < -0.3 is 14.5 Å². The molecule has 2 fully saturated rings. The first kappa shape index (κ1) is 20.7. The lowest BCUT2D eigenvalue weighted by Gasteiger charge is -2.42. The summed E-state index contributed by atoms with van der Waals surface area (Å²) < 4.78 is 12.1. The lowest BCUT2D eigenvalue weighted by atomic mass is 9.97. The summed E-state index contributed by atoms with van der Waals surface area (Å²) in [6.07, 6.45) is 3.24. The Morgan fingerprint density at radius 2 is 1.72 bits per heavy atom. The van der Waals surface area contributed by atoms with Crippen LogP contribution in [0.4, 0.5) is 4.79 Å². The predicted molar refractivity (Wildman–Crippen MR) is 104 cm³/mol. The smallest absolute Gasteiger partial charge is 0.407 e. The first-order chi connectivity index (χ1) is 11.3. The van der Waals surface area contributed by atoms with Crippen LogP contribution in [-0.2, 0) is 9.16 Å².